The minimum atomic E-state index is -0.568. The summed E-state index contributed by atoms with van der Waals surface area (Å²) < 4.78 is 13.3. The van der Waals surface area contributed by atoms with Crippen molar-refractivity contribution in [2.45, 2.75) is 0 Å². The van der Waals surface area contributed by atoms with Crippen LogP contribution in [0.1, 0.15) is 0 Å². The molecule has 2 rings (SSSR count). The van der Waals surface area contributed by atoms with Gasteiger partial charge in [-0.1, -0.05) is 23.2 Å². The summed E-state index contributed by atoms with van der Waals surface area (Å²) in [5.74, 6) is -0.568. The topological polar surface area (TPSA) is 32.9 Å². The fraction of sp³-hybridized carbons (Fsp3) is 0. The minimum absolute atomic E-state index is 0.0131. The molecule has 0 saturated carbocycles. The van der Waals surface area contributed by atoms with E-state index in [1.54, 1.807) is 0 Å². The normalized spacial score (nSPS) is 10.8. The van der Waals surface area contributed by atoms with Gasteiger partial charge in [-0.2, -0.15) is 0 Å². The Morgan fingerprint density at radius 2 is 2.00 bits per heavy atom. The number of nitrogens with one attached hydrogen (secondary N) is 1. The molecule has 1 aromatic heterocycles. The van der Waals surface area contributed by atoms with E-state index in [1.807, 2.05) is 0 Å². The highest BCUT2D eigenvalue weighted by Gasteiger charge is 2.08. The van der Waals surface area contributed by atoms with E-state index in [4.69, 9.17) is 23.2 Å². The average Bonchev–Trinajstić information content (AvgIpc) is 2.12. The van der Waals surface area contributed by atoms with E-state index in [2.05, 4.69) is 4.98 Å². The molecule has 0 aliphatic heterocycles. The summed E-state index contributed by atoms with van der Waals surface area (Å²) in [5.41, 5.74) is -0.314. The van der Waals surface area contributed by atoms with Crippen molar-refractivity contribution in [3.8, 4) is 0 Å². The van der Waals surface area contributed by atoms with E-state index in [-0.39, 0.29) is 20.9 Å². The van der Waals surface area contributed by atoms with Crippen LogP contribution in [0.3, 0.4) is 0 Å². The lowest BCUT2D eigenvalue weighted by atomic mass is 10.2. The van der Waals surface area contributed by atoms with Crippen LogP contribution in [0.5, 0.6) is 0 Å². The largest absolute Gasteiger partial charge is 0.357 e. The van der Waals surface area contributed by atoms with Crippen molar-refractivity contribution in [3.05, 3.63) is 44.4 Å². The Morgan fingerprint density at radius 1 is 1.29 bits per heavy atom. The van der Waals surface area contributed by atoms with Gasteiger partial charge < -0.3 is 4.98 Å². The summed E-state index contributed by atoms with van der Waals surface area (Å²) in [6.07, 6.45) is 1.25. The molecular weight excluding hydrogens is 228 g/mol. The maximum atomic E-state index is 13.3. The maximum absolute atomic E-state index is 13.3. The Bertz CT molecular complexity index is 564. The van der Waals surface area contributed by atoms with E-state index in [9.17, 15) is 9.18 Å². The molecule has 14 heavy (non-hydrogen) atoms. The second kappa shape index (κ2) is 3.26. The Labute approximate surface area is 88.3 Å². The van der Waals surface area contributed by atoms with Crippen LogP contribution in [0.4, 0.5) is 4.39 Å². The zero-order chi connectivity index (χ0) is 10.3. The highest BCUT2D eigenvalue weighted by Crippen LogP contribution is 2.19. The molecule has 5 heteroatoms. The van der Waals surface area contributed by atoms with Crippen LogP contribution >= 0.6 is 23.2 Å². The number of benzene rings is 1. The van der Waals surface area contributed by atoms with Gasteiger partial charge in [0.2, 0.25) is 5.43 Å². The molecule has 0 atom stereocenters. The molecular formula is C9H4Cl2FNO. The lowest BCUT2D eigenvalue weighted by molar-refractivity contribution is 0.637. The number of rotatable bonds is 0. The van der Waals surface area contributed by atoms with Gasteiger partial charge in [0.25, 0.3) is 0 Å². The van der Waals surface area contributed by atoms with E-state index in [1.165, 1.54) is 12.3 Å². The first-order valence-electron chi connectivity index (χ1n) is 3.75. The number of H-pyrrole nitrogens is 1. The number of aromatic amines is 1. The summed E-state index contributed by atoms with van der Waals surface area (Å²) in [5, 5.41) is 0.337. The van der Waals surface area contributed by atoms with Crippen molar-refractivity contribution in [2.24, 2.45) is 0 Å². The molecule has 0 bridgehead atoms. The third-order valence-electron chi connectivity index (χ3n) is 1.86. The van der Waals surface area contributed by atoms with E-state index < -0.39 is 11.2 Å². The van der Waals surface area contributed by atoms with Crippen LogP contribution in [0.15, 0.2) is 23.1 Å². The summed E-state index contributed by atoms with van der Waals surface area (Å²) >= 11 is 11.2. The van der Waals surface area contributed by atoms with Crippen LogP contribution in [0.2, 0.25) is 10.0 Å². The zero-order valence-electron chi connectivity index (χ0n) is 6.77. The smallest absolute Gasteiger partial charge is 0.208 e. The Hall–Kier alpha value is -1.06. The predicted molar refractivity (Wildman–Crippen MR) is 54.5 cm³/mol. The summed E-state index contributed by atoms with van der Waals surface area (Å²) in [4.78, 5) is 14.0. The summed E-state index contributed by atoms with van der Waals surface area (Å²) in [7, 11) is 0. The Kier molecular flexibility index (Phi) is 2.21. The Morgan fingerprint density at radius 3 is 2.71 bits per heavy atom. The third-order valence-corrected chi connectivity index (χ3v) is 2.36. The first kappa shape index (κ1) is 9.49. The highest BCUT2D eigenvalue weighted by atomic mass is 35.5. The van der Waals surface area contributed by atoms with Crippen molar-refractivity contribution >= 4 is 34.1 Å². The van der Waals surface area contributed by atoms with Crippen LogP contribution in [0.25, 0.3) is 10.9 Å². The standard InChI is InChI=1S/C9H4Cl2FNO/c10-4-1-5-8(7(12)2-4)13-3-6(11)9(5)14/h1-3H,(H,13,14). The van der Waals surface area contributed by atoms with Gasteiger partial charge in [-0.25, -0.2) is 4.39 Å². The van der Waals surface area contributed by atoms with Gasteiger partial charge in [0.1, 0.15) is 10.8 Å². The molecule has 0 amide bonds. The molecule has 0 radical (unpaired) electrons. The van der Waals surface area contributed by atoms with Crippen LogP contribution < -0.4 is 5.43 Å². The van der Waals surface area contributed by atoms with Gasteiger partial charge in [-0.05, 0) is 12.1 Å². The van der Waals surface area contributed by atoms with Gasteiger partial charge in [0.05, 0.1) is 10.9 Å². The number of pyridine rings is 1. The van der Waals surface area contributed by atoms with Gasteiger partial charge in [-0.15, -0.1) is 0 Å². The highest BCUT2D eigenvalue weighted by molar-refractivity contribution is 6.32. The molecule has 1 aromatic carbocycles. The van der Waals surface area contributed by atoms with Gasteiger partial charge in [0.15, 0.2) is 0 Å². The van der Waals surface area contributed by atoms with Crippen molar-refractivity contribution in [1.82, 2.24) is 4.98 Å². The molecule has 0 fully saturated rings. The summed E-state index contributed by atoms with van der Waals surface area (Å²) in [6.45, 7) is 0. The van der Waals surface area contributed by atoms with E-state index in [0.717, 1.165) is 6.07 Å². The number of fused-ring (bicyclic) bond motifs is 1. The average molecular weight is 232 g/mol. The van der Waals surface area contributed by atoms with E-state index >= 15 is 0 Å². The molecule has 72 valence electrons. The van der Waals surface area contributed by atoms with Gasteiger partial charge in [-0.3, -0.25) is 4.79 Å². The predicted octanol–water partition coefficient (Wildman–Crippen LogP) is 2.97. The summed E-state index contributed by atoms with van der Waals surface area (Å²) in [6, 6.07) is 2.51. The lowest BCUT2D eigenvalue weighted by Gasteiger charge is -2.00. The fourth-order valence-electron chi connectivity index (χ4n) is 1.23. The number of aromatic nitrogens is 1. The van der Waals surface area contributed by atoms with Crippen LogP contribution in [0, 0.1) is 5.82 Å². The molecule has 0 spiro atoms. The molecule has 2 nitrogen and oxygen atoms in total. The first-order valence-corrected chi connectivity index (χ1v) is 4.51. The van der Waals surface area contributed by atoms with Crippen molar-refractivity contribution in [2.75, 3.05) is 0 Å². The first-order chi connectivity index (χ1) is 6.59. The fourth-order valence-corrected chi connectivity index (χ4v) is 1.59. The molecule has 0 aliphatic rings. The SMILES string of the molecule is O=c1c(Cl)c[nH]c2c(F)cc(Cl)cc12. The third kappa shape index (κ3) is 1.38. The molecule has 1 heterocycles. The van der Waals surface area contributed by atoms with Crippen molar-refractivity contribution in [3.63, 3.8) is 0 Å². The second-order valence-electron chi connectivity index (χ2n) is 2.78. The second-order valence-corrected chi connectivity index (χ2v) is 3.62. The quantitative estimate of drug-likeness (QED) is 0.744. The number of halogens is 3. The zero-order valence-corrected chi connectivity index (χ0v) is 8.29. The van der Waals surface area contributed by atoms with Gasteiger partial charge >= 0.3 is 0 Å². The minimum Gasteiger partial charge on any atom is -0.357 e. The molecule has 0 unspecified atom stereocenters. The number of hydrogen-bond acceptors (Lipinski definition) is 1. The lowest BCUT2D eigenvalue weighted by Crippen LogP contribution is -2.04. The van der Waals surface area contributed by atoms with E-state index in [0.29, 0.717) is 0 Å². The molecule has 0 aliphatic carbocycles. The van der Waals surface area contributed by atoms with Crippen LogP contribution in [-0.2, 0) is 0 Å². The van der Waals surface area contributed by atoms with Crippen LogP contribution in [-0.4, -0.2) is 4.98 Å². The van der Waals surface area contributed by atoms with Crippen molar-refractivity contribution in [1.29, 1.82) is 0 Å². The van der Waals surface area contributed by atoms with Crippen molar-refractivity contribution < 1.29 is 4.39 Å². The maximum Gasteiger partial charge on any atom is 0.208 e. The molecule has 1 N–H and O–H groups in total. The Balaban J connectivity index is 3.03. The number of hydrogen-bond donors (Lipinski definition) is 1. The monoisotopic (exact) mass is 231 g/mol. The molecule has 0 saturated heterocycles. The molecule has 2 aromatic rings. The van der Waals surface area contributed by atoms with Gasteiger partial charge in [0, 0.05) is 11.2 Å².